The lowest BCUT2D eigenvalue weighted by molar-refractivity contribution is 1.45. The molecule has 0 radical (unpaired) electrons. The van der Waals surface area contributed by atoms with Gasteiger partial charge < -0.3 is 0 Å². The molecule has 0 N–H and O–H groups in total. The summed E-state index contributed by atoms with van der Waals surface area (Å²) >= 11 is 0. The number of nitrogens with zero attached hydrogens (tertiary/aromatic N) is 2. The van der Waals surface area contributed by atoms with E-state index in [1.165, 1.54) is 5.39 Å². The maximum atomic E-state index is 4.65. The summed E-state index contributed by atoms with van der Waals surface area (Å²) in [5.74, 6) is 0. The van der Waals surface area contributed by atoms with Gasteiger partial charge in [-0.3, -0.25) is 4.98 Å². The minimum Gasteiger partial charge on any atom is -0.256 e. The molecule has 2 aromatic heterocycles. The average molecular weight is 230 g/mol. The Morgan fingerprint density at radius 2 is 1.61 bits per heavy atom. The number of hydrogen-bond donors (Lipinski definition) is 0. The largest absolute Gasteiger partial charge is 0.256 e. The fourth-order valence-corrected chi connectivity index (χ4v) is 2.47. The molecule has 0 saturated carbocycles. The van der Waals surface area contributed by atoms with Crippen molar-refractivity contribution >= 4 is 32.7 Å². The molecule has 2 heteroatoms. The number of hydrogen-bond acceptors (Lipinski definition) is 2. The second-order valence-corrected chi connectivity index (χ2v) is 4.36. The molecular weight excluding hydrogens is 220 g/mol. The molecular formula is C16H10N2. The molecule has 0 atom stereocenters. The molecule has 2 nitrogen and oxygen atoms in total. The van der Waals surface area contributed by atoms with E-state index in [4.69, 9.17) is 0 Å². The topological polar surface area (TPSA) is 25.8 Å². The summed E-state index contributed by atoms with van der Waals surface area (Å²) in [6.45, 7) is 0. The lowest BCUT2D eigenvalue weighted by atomic mass is 10.1. The number of para-hydroxylation sites is 1. The molecule has 0 unspecified atom stereocenters. The van der Waals surface area contributed by atoms with Crippen LogP contribution in [-0.2, 0) is 0 Å². The zero-order chi connectivity index (χ0) is 11.9. The number of benzene rings is 2. The molecule has 0 aliphatic heterocycles. The third-order valence-electron chi connectivity index (χ3n) is 3.28. The molecule has 2 aromatic carbocycles. The monoisotopic (exact) mass is 230 g/mol. The van der Waals surface area contributed by atoms with Crippen molar-refractivity contribution in [2.45, 2.75) is 0 Å². The Bertz CT molecular complexity index is 881. The highest BCUT2D eigenvalue weighted by molar-refractivity contribution is 6.18. The number of fused-ring (bicyclic) bond motifs is 5. The van der Waals surface area contributed by atoms with Crippen LogP contribution in [0.1, 0.15) is 0 Å². The lowest BCUT2D eigenvalue weighted by Gasteiger charge is -1.95. The first-order chi connectivity index (χ1) is 8.93. The van der Waals surface area contributed by atoms with Crippen LogP contribution in [0.4, 0.5) is 0 Å². The van der Waals surface area contributed by atoms with E-state index in [9.17, 15) is 0 Å². The first-order valence-corrected chi connectivity index (χ1v) is 5.96. The van der Waals surface area contributed by atoms with Crippen molar-refractivity contribution in [2.75, 3.05) is 0 Å². The zero-order valence-electron chi connectivity index (χ0n) is 9.67. The van der Waals surface area contributed by atoms with E-state index < -0.39 is 0 Å². The van der Waals surface area contributed by atoms with Crippen LogP contribution in [0, 0.1) is 0 Å². The summed E-state index contributed by atoms with van der Waals surface area (Å²) in [5.41, 5.74) is 3.07. The van der Waals surface area contributed by atoms with Crippen molar-refractivity contribution in [1.82, 2.24) is 9.97 Å². The van der Waals surface area contributed by atoms with Crippen LogP contribution in [0.3, 0.4) is 0 Å². The second kappa shape index (κ2) is 3.50. The van der Waals surface area contributed by atoms with E-state index in [0.29, 0.717) is 0 Å². The van der Waals surface area contributed by atoms with Gasteiger partial charge in [0, 0.05) is 22.4 Å². The van der Waals surface area contributed by atoms with Crippen LogP contribution in [0.5, 0.6) is 0 Å². The third kappa shape index (κ3) is 1.23. The summed E-state index contributed by atoms with van der Waals surface area (Å²) < 4.78 is 0. The summed E-state index contributed by atoms with van der Waals surface area (Å²) in [5, 5.41) is 3.47. The summed E-state index contributed by atoms with van der Waals surface area (Å²) in [4.78, 5) is 9.20. The van der Waals surface area contributed by atoms with Crippen molar-refractivity contribution in [3.63, 3.8) is 0 Å². The third-order valence-corrected chi connectivity index (χ3v) is 3.28. The fourth-order valence-electron chi connectivity index (χ4n) is 2.47. The van der Waals surface area contributed by atoms with Crippen LogP contribution < -0.4 is 0 Å². The van der Waals surface area contributed by atoms with Crippen molar-refractivity contribution in [1.29, 1.82) is 0 Å². The number of rotatable bonds is 0. The van der Waals surface area contributed by atoms with E-state index in [1.807, 2.05) is 36.5 Å². The van der Waals surface area contributed by atoms with Gasteiger partial charge in [-0.2, -0.15) is 0 Å². The van der Waals surface area contributed by atoms with Gasteiger partial charge in [0.2, 0.25) is 0 Å². The summed E-state index contributed by atoms with van der Waals surface area (Å²) in [7, 11) is 0. The van der Waals surface area contributed by atoms with Crippen LogP contribution in [-0.4, -0.2) is 9.97 Å². The molecule has 2 heterocycles. The van der Waals surface area contributed by atoms with E-state index in [0.717, 1.165) is 27.3 Å². The predicted molar refractivity (Wildman–Crippen MR) is 74.6 cm³/mol. The van der Waals surface area contributed by atoms with Crippen LogP contribution in [0.2, 0.25) is 0 Å². The van der Waals surface area contributed by atoms with Gasteiger partial charge in [-0.05, 0) is 18.2 Å². The highest BCUT2D eigenvalue weighted by Crippen LogP contribution is 2.30. The van der Waals surface area contributed by atoms with Crippen LogP contribution in [0.15, 0.2) is 60.8 Å². The molecule has 0 aliphatic carbocycles. The SMILES string of the molecule is c1ccc2ccc3nc4ccccc4c3c2nc1. The maximum absolute atomic E-state index is 4.65. The molecule has 0 spiro atoms. The minimum absolute atomic E-state index is 1.02. The van der Waals surface area contributed by atoms with Crippen molar-refractivity contribution in [2.24, 2.45) is 0 Å². The highest BCUT2D eigenvalue weighted by Gasteiger charge is 2.08. The number of aromatic nitrogens is 2. The Labute approximate surface area is 104 Å². The van der Waals surface area contributed by atoms with E-state index in [1.54, 1.807) is 0 Å². The minimum atomic E-state index is 1.02. The average Bonchev–Trinajstić information content (AvgIpc) is 2.61. The molecule has 0 fully saturated rings. The Morgan fingerprint density at radius 1 is 0.722 bits per heavy atom. The van der Waals surface area contributed by atoms with Crippen LogP contribution in [0.25, 0.3) is 32.7 Å². The molecule has 0 bridgehead atoms. The summed E-state index contributed by atoms with van der Waals surface area (Å²) in [6, 6.07) is 18.4. The highest BCUT2D eigenvalue weighted by atomic mass is 14.7. The molecule has 18 heavy (non-hydrogen) atoms. The maximum Gasteiger partial charge on any atom is 0.0802 e. The smallest absolute Gasteiger partial charge is 0.0802 e. The van der Waals surface area contributed by atoms with Crippen molar-refractivity contribution in [3.05, 3.63) is 60.8 Å². The van der Waals surface area contributed by atoms with Gasteiger partial charge in [0.05, 0.1) is 16.6 Å². The van der Waals surface area contributed by atoms with Gasteiger partial charge >= 0.3 is 0 Å². The molecule has 0 saturated heterocycles. The van der Waals surface area contributed by atoms with E-state index in [-0.39, 0.29) is 0 Å². The van der Waals surface area contributed by atoms with Gasteiger partial charge in [-0.15, -0.1) is 0 Å². The second-order valence-electron chi connectivity index (χ2n) is 4.36. The summed E-state index contributed by atoms with van der Waals surface area (Å²) in [6.07, 6.45) is 1.84. The fraction of sp³-hybridized carbons (Fsp3) is 0. The molecule has 4 rings (SSSR count). The van der Waals surface area contributed by atoms with Crippen molar-refractivity contribution < 1.29 is 0 Å². The van der Waals surface area contributed by atoms with Gasteiger partial charge in [0.15, 0.2) is 0 Å². The Balaban J connectivity index is 2.37. The van der Waals surface area contributed by atoms with E-state index >= 15 is 0 Å². The molecule has 0 aliphatic rings. The Kier molecular flexibility index (Phi) is 1.86. The van der Waals surface area contributed by atoms with Gasteiger partial charge in [0.25, 0.3) is 0 Å². The van der Waals surface area contributed by atoms with Gasteiger partial charge in [-0.1, -0.05) is 36.4 Å². The molecule has 4 aromatic rings. The zero-order valence-corrected chi connectivity index (χ0v) is 9.67. The normalized spacial score (nSPS) is 11.3. The van der Waals surface area contributed by atoms with Crippen molar-refractivity contribution in [3.8, 4) is 0 Å². The Hall–Kier alpha value is -2.48. The quantitative estimate of drug-likeness (QED) is 0.457. The van der Waals surface area contributed by atoms with Gasteiger partial charge in [0.1, 0.15) is 0 Å². The van der Waals surface area contributed by atoms with Gasteiger partial charge in [-0.25, -0.2) is 4.98 Å². The van der Waals surface area contributed by atoms with Crippen LogP contribution >= 0.6 is 0 Å². The first kappa shape index (κ1) is 9.54. The first-order valence-electron chi connectivity index (χ1n) is 5.96. The van der Waals surface area contributed by atoms with E-state index in [2.05, 4.69) is 34.2 Å². The Morgan fingerprint density at radius 3 is 2.61 bits per heavy atom. The standard InChI is InChI=1S/C16H10N2/c1-2-7-13-12(6-1)15-14(18-13)9-8-11-5-3-4-10-17-16(11)15/h1-10H. The lowest BCUT2D eigenvalue weighted by Crippen LogP contribution is -1.74. The molecule has 0 amide bonds. The predicted octanol–water partition coefficient (Wildman–Crippen LogP) is 3.94. The molecule has 84 valence electrons.